The fourth-order valence-corrected chi connectivity index (χ4v) is 3.27. The summed E-state index contributed by atoms with van der Waals surface area (Å²) in [6.45, 7) is 0.358. The van der Waals surface area contributed by atoms with Crippen molar-refractivity contribution in [2.24, 2.45) is 0 Å². The first-order valence-corrected chi connectivity index (χ1v) is 8.35. The number of aliphatic hydroxyl groups is 1. The highest BCUT2D eigenvalue weighted by molar-refractivity contribution is 5.79. The molecule has 1 aliphatic heterocycles. The number of hydrogen-bond acceptors (Lipinski definition) is 4. The number of aliphatic hydroxyl groups excluding tert-OH is 1. The van der Waals surface area contributed by atoms with Gasteiger partial charge >= 0.3 is 0 Å². The van der Waals surface area contributed by atoms with Crippen LogP contribution >= 0.6 is 0 Å². The van der Waals surface area contributed by atoms with Crippen molar-refractivity contribution in [1.29, 1.82) is 0 Å². The molecule has 3 rings (SSSR count). The molecule has 5 nitrogen and oxygen atoms in total. The molecule has 0 radical (unpaired) electrons. The summed E-state index contributed by atoms with van der Waals surface area (Å²) < 4.78 is 10.4. The standard InChI is InChI=1S/C20H23NO4/c1-24-17-8-6-14(7-9-17)10-20(23)21-13-16(22)12-19(21)15-4-3-5-18(11-15)25-2/h3-9,11,16,19,22H,10,12-13H2,1-2H3/t16-,19-/m0/s1. The van der Waals surface area contributed by atoms with Crippen LogP contribution in [-0.2, 0) is 11.2 Å². The number of likely N-dealkylation sites (tertiary alicyclic amines) is 1. The Morgan fingerprint density at radius 2 is 1.84 bits per heavy atom. The van der Waals surface area contributed by atoms with Gasteiger partial charge in [0, 0.05) is 6.54 Å². The SMILES string of the molecule is COc1ccc(CC(=O)N2C[C@@H](O)C[C@H]2c2cccc(OC)c2)cc1. The second-order valence-electron chi connectivity index (χ2n) is 6.25. The van der Waals surface area contributed by atoms with E-state index in [9.17, 15) is 9.90 Å². The number of methoxy groups -OCH3 is 2. The van der Waals surface area contributed by atoms with E-state index in [1.165, 1.54) is 0 Å². The summed E-state index contributed by atoms with van der Waals surface area (Å²) in [5.74, 6) is 1.53. The zero-order valence-corrected chi connectivity index (χ0v) is 14.5. The normalized spacial score (nSPS) is 19.7. The number of carbonyl (C=O) groups is 1. The topological polar surface area (TPSA) is 59.0 Å². The second kappa shape index (κ2) is 7.57. The molecule has 2 aromatic carbocycles. The van der Waals surface area contributed by atoms with E-state index in [0.29, 0.717) is 19.4 Å². The molecule has 0 unspecified atom stereocenters. The van der Waals surface area contributed by atoms with Gasteiger partial charge in [-0.1, -0.05) is 24.3 Å². The minimum absolute atomic E-state index is 0.00883. The number of carbonyl (C=O) groups excluding carboxylic acids is 1. The Kier molecular flexibility index (Phi) is 5.24. The average molecular weight is 341 g/mol. The quantitative estimate of drug-likeness (QED) is 0.908. The van der Waals surface area contributed by atoms with Gasteiger partial charge < -0.3 is 19.5 Å². The van der Waals surface area contributed by atoms with Gasteiger partial charge in [-0.2, -0.15) is 0 Å². The van der Waals surface area contributed by atoms with Crippen molar-refractivity contribution in [2.75, 3.05) is 20.8 Å². The molecule has 0 bridgehead atoms. The molecule has 25 heavy (non-hydrogen) atoms. The molecule has 0 spiro atoms. The maximum absolute atomic E-state index is 12.8. The van der Waals surface area contributed by atoms with Crippen molar-refractivity contribution in [3.63, 3.8) is 0 Å². The smallest absolute Gasteiger partial charge is 0.227 e. The van der Waals surface area contributed by atoms with Gasteiger partial charge in [0.2, 0.25) is 5.91 Å². The molecule has 0 aromatic heterocycles. The zero-order valence-electron chi connectivity index (χ0n) is 14.5. The van der Waals surface area contributed by atoms with Gasteiger partial charge in [-0.3, -0.25) is 4.79 Å². The average Bonchev–Trinajstić information content (AvgIpc) is 3.04. The maximum Gasteiger partial charge on any atom is 0.227 e. The second-order valence-corrected chi connectivity index (χ2v) is 6.25. The minimum Gasteiger partial charge on any atom is -0.497 e. The molecule has 0 saturated carbocycles. The lowest BCUT2D eigenvalue weighted by Crippen LogP contribution is -2.33. The number of nitrogens with zero attached hydrogens (tertiary/aromatic N) is 1. The van der Waals surface area contributed by atoms with Crippen molar-refractivity contribution in [3.8, 4) is 11.5 Å². The Balaban J connectivity index is 1.76. The Hall–Kier alpha value is -2.53. The van der Waals surface area contributed by atoms with Crippen molar-refractivity contribution < 1.29 is 19.4 Å². The number of rotatable bonds is 5. The lowest BCUT2D eigenvalue weighted by Gasteiger charge is -2.25. The molecule has 1 saturated heterocycles. The van der Waals surface area contributed by atoms with E-state index in [4.69, 9.17) is 9.47 Å². The van der Waals surface area contributed by atoms with E-state index in [-0.39, 0.29) is 11.9 Å². The molecule has 2 aromatic rings. The number of amides is 1. The molecule has 1 amide bonds. The van der Waals surface area contributed by atoms with Crippen molar-refractivity contribution in [3.05, 3.63) is 59.7 Å². The predicted octanol–water partition coefficient (Wildman–Crippen LogP) is 2.58. The van der Waals surface area contributed by atoms with E-state index in [0.717, 1.165) is 22.6 Å². The number of ether oxygens (including phenoxy) is 2. The van der Waals surface area contributed by atoms with Crippen LogP contribution in [0.1, 0.15) is 23.6 Å². The van der Waals surface area contributed by atoms with Crippen LogP contribution in [0, 0.1) is 0 Å². The summed E-state index contributed by atoms with van der Waals surface area (Å²) in [7, 11) is 3.24. The third kappa shape index (κ3) is 3.94. The molecule has 132 valence electrons. The molecular formula is C20H23NO4. The van der Waals surface area contributed by atoms with Crippen LogP contribution in [0.15, 0.2) is 48.5 Å². The van der Waals surface area contributed by atoms with Crippen molar-refractivity contribution >= 4 is 5.91 Å². The van der Waals surface area contributed by atoms with Crippen LogP contribution in [0.4, 0.5) is 0 Å². The third-order valence-corrected chi connectivity index (χ3v) is 4.59. The highest BCUT2D eigenvalue weighted by atomic mass is 16.5. The van der Waals surface area contributed by atoms with Gasteiger partial charge in [0.15, 0.2) is 0 Å². The van der Waals surface area contributed by atoms with Crippen LogP contribution in [0.3, 0.4) is 0 Å². The third-order valence-electron chi connectivity index (χ3n) is 4.59. The zero-order chi connectivity index (χ0) is 17.8. The Bertz CT molecular complexity index is 729. The molecule has 1 N–H and O–H groups in total. The van der Waals surface area contributed by atoms with E-state index < -0.39 is 6.10 Å². The minimum atomic E-state index is -0.504. The van der Waals surface area contributed by atoms with Crippen molar-refractivity contribution in [2.45, 2.75) is 25.0 Å². The van der Waals surface area contributed by atoms with Crippen LogP contribution in [0.2, 0.25) is 0 Å². The van der Waals surface area contributed by atoms with Gasteiger partial charge in [-0.05, 0) is 41.8 Å². The molecule has 0 aliphatic carbocycles. The lowest BCUT2D eigenvalue weighted by molar-refractivity contribution is -0.131. The summed E-state index contributed by atoms with van der Waals surface area (Å²) >= 11 is 0. The summed E-state index contributed by atoms with van der Waals surface area (Å²) in [6.07, 6.45) is 0.342. The first-order valence-electron chi connectivity index (χ1n) is 8.35. The Morgan fingerprint density at radius 3 is 2.52 bits per heavy atom. The van der Waals surface area contributed by atoms with Gasteiger partial charge in [0.25, 0.3) is 0 Å². The molecule has 5 heteroatoms. The number of benzene rings is 2. The summed E-state index contributed by atoms with van der Waals surface area (Å²) in [6, 6.07) is 15.0. The first-order chi connectivity index (χ1) is 12.1. The Labute approximate surface area is 147 Å². The van der Waals surface area contributed by atoms with Crippen LogP contribution in [0.25, 0.3) is 0 Å². The van der Waals surface area contributed by atoms with Crippen molar-refractivity contribution in [1.82, 2.24) is 4.90 Å². The first kappa shape index (κ1) is 17.3. The molecular weight excluding hydrogens is 318 g/mol. The predicted molar refractivity (Wildman–Crippen MR) is 94.8 cm³/mol. The largest absolute Gasteiger partial charge is 0.497 e. The lowest BCUT2D eigenvalue weighted by atomic mass is 10.0. The van der Waals surface area contributed by atoms with E-state index >= 15 is 0 Å². The van der Waals surface area contributed by atoms with Crippen LogP contribution in [0.5, 0.6) is 11.5 Å². The Morgan fingerprint density at radius 1 is 1.12 bits per heavy atom. The summed E-state index contributed by atoms with van der Waals surface area (Å²) in [4.78, 5) is 14.6. The van der Waals surface area contributed by atoms with Crippen LogP contribution in [-0.4, -0.2) is 42.8 Å². The molecule has 1 aliphatic rings. The van der Waals surface area contributed by atoms with Gasteiger partial charge in [-0.15, -0.1) is 0 Å². The maximum atomic E-state index is 12.8. The van der Waals surface area contributed by atoms with Gasteiger partial charge in [-0.25, -0.2) is 0 Å². The van der Waals surface area contributed by atoms with E-state index in [2.05, 4.69) is 0 Å². The summed E-state index contributed by atoms with van der Waals surface area (Å²) in [5, 5.41) is 10.1. The molecule has 1 fully saturated rings. The molecule has 2 atom stereocenters. The van der Waals surface area contributed by atoms with Gasteiger partial charge in [0.1, 0.15) is 11.5 Å². The van der Waals surface area contributed by atoms with Gasteiger partial charge in [0.05, 0.1) is 32.8 Å². The number of β-amino-alcohol motifs (C(OH)–C–C–N with tert-alkyl or cyclic N) is 1. The van der Waals surface area contributed by atoms with E-state index in [1.54, 1.807) is 19.1 Å². The highest BCUT2D eigenvalue weighted by Gasteiger charge is 2.35. The van der Waals surface area contributed by atoms with Crippen LogP contribution < -0.4 is 9.47 Å². The number of hydrogen-bond donors (Lipinski definition) is 1. The van der Waals surface area contributed by atoms with E-state index in [1.807, 2.05) is 48.5 Å². The molecule has 1 heterocycles. The fraction of sp³-hybridized carbons (Fsp3) is 0.350. The fourth-order valence-electron chi connectivity index (χ4n) is 3.27. The monoisotopic (exact) mass is 341 g/mol. The highest BCUT2D eigenvalue weighted by Crippen LogP contribution is 2.34. The summed E-state index contributed by atoms with van der Waals surface area (Å²) in [5.41, 5.74) is 1.91.